The zero-order chi connectivity index (χ0) is 10.1. The number of carbonyl (C=O) groups is 1. The number of rotatable bonds is 3. The molecule has 0 bridgehead atoms. The summed E-state index contributed by atoms with van der Waals surface area (Å²) in [7, 11) is 0. The van der Waals surface area contributed by atoms with Crippen LogP contribution in [0.4, 0.5) is 0 Å². The highest BCUT2D eigenvalue weighted by atomic mass is 32.1. The molecule has 2 N–H and O–H groups in total. The molecule has 0 aliphatic carbocycles. The molecule has 1 aromatic heterocycles. The highest BCUT2D eigenvalue weighted by Crippen LogP contribution is 2.24. The Morgan fingerprint density at radius 3 is 2.77 bits per heavy atom. The molecule has 0 amide bonds. The fourth-order valence-electron chi connectivity index (χ4n) is 0.973. The van der Waals surface area contributed by atoms with Crippen LogP contribution < -0.4 is 0 Å². The van der Waals surface area contributed by atoms with Crippen molar-refractivity contribution >= 4 is 18.2 Å². The monoisotopic (exact) mass is 202 g/mol. The van der Waals surface area contributed by atoms with E-state index in [4.69, 9.17) is 9.52 Å². The molecule has 0 unspecified atom stereocenters. The standard InChI is InChI=1S/C7H10N2O3S/c1-7(2,3-4(10)11)5-8-9-6(13)12-5/h3H2,1-2H3,(H,9,13)(H,10,11). The van der Waals surface area contributed by atoms with Crippen molar-refractivity contribution in [1.82, 2.24) is 10.2 Å². The maximum absolute atomic E-state index is 10.5. The van der Waals surface area contributed by atoms with E-state index in [2.05, 4.69) is 22.4 Å². The van der Waals surface area contributed by atoms with Gasteiger partial charge in [0.05, 0.1) is 11.8 Å². The first-order chi connectivity index (χ1) is 5.92. The summed E-state index contributed by atoms with van der Waals surface area (Å²) in [6, 6.07) is 0. The summed E-state index contributed by atoms with van der Waals surface area (Å²) in [6.45, 7) is 3.46. The molecule has 0 aliphatic rings. The predicted octanol–water partition coefficient (Wildman–Crippen LogP) is 1.48. The largest absolute Gasteiger partial charge is 0.481 e. The topological polar surface area (TPSA) is 79.1 Å². The summed E-state index contributed by atoms with van der Waals surface area (Å²) in [5, 5.41) is 14.8. The molecule has 0 radical (unpaired) electrons. The number of carboxylic acid groups (broad SMARTS) is 1. The Bertz CT molecular complexity index is 366. The minimum Gasteiger partial charge on any atom is -0.481 e. The Kier molecular flexibility index (Phi) is 2.51. The molecule has 0 aliphatic heterocycles. The second-order valence-electron chi connectivity index (χ2n) is 3.37. The van der Waals surface area contributed by atoms with Gasteiger partial charge < -0.3 is 9.52 Å². The summed E-state index contributed by atoms with van der Waals surface area (Å²) in [5.74, 6) is -0.575. The van der Waals surface area contributed by atoms with Crippen LogP contribution in [0.15, 0.2) is 4.42 Å². The molecule has 0 atom stereocenters. The number of nitrogens with zero attached hydrogens (tertiary/aromatic N) is 1. The fraction of sp³-hybridized carbons (Fsp3) is 0.571. The zero-order valence-electron chi connectivity index (χ0n) is 7.33. The van der Waals surface area contributed by atoms with Gasteiger partial charge in [0.25, 0.3) is 4.84 Å². The van der Waals surface area contributed by atoms with Crippen molar-refractivity contribution in [2.24, 2.45) is 0 Å². The van der Waals surface area contributed by atoms with Crippen molar-refractivity contribution in [3.63, 3.8) is 0 Å². The van der Waals surface area contributed by atoms with Crippen molar-refractivity contribution in [1.29, 1.82) is 0 Å². The first-order valence-corrected chi connectivity index (χ1v) is 4.10. The summed E-state index contributed by atoms with van der Waals surface area (Å²) in [5.41, 5.74) is -0.639. The molecule has 1 rings (SSSR count). The lowest BCUT2D eigenvalue weighted by molar-refractivity contribution is -0.138. The Morgan fingerprint density at radius 2 is 2.38 bits per heavy atom. The molecular weight excluding hydrogens is 192 g/mol. The number of nitrogens with one attached hydrogen (secondary N) is 1. The third-order valence-corrected chi connectivity index (χ3v) is 1.78. The van der Waals surface area contributed by atoms with Gasteiger partial charge in [0.2, 0.25) is 5.89 Å². The van der Waals surface area contributed by atoms with Crippen molar-refractivity contribution in [3.05, 3.63) is 10.7 Å². The van der Waals surface area contributed by atoms with E-state index in [1.54, 1.807) is 13.8 Å². The molecule has 0 saturated heterocycles. The SMILES string of the molecule is CC(C)(CC(=O)O)c1n[nH]c(=S)o1. The summed E-state index contributed by atoms with van der Waals surface area (Å²) in [6.07, 6.45) is -0.0455. The number of carboxylic acids is 1. The van der Waals surface area contributed by atoms with Crippen molar-refractivity contribution < 1.29 is 14.3 Å². The molecule has 0 aromatic carbocycles. The first-order valence-electron chi connectivity index (χ1n) is 3.69. The smallest absolute Gasteiger partial charge is 0.304 e. The van der Waals surface area contributed by atoms with Crippen molar-refractivity contribution in [2.45, 2.75) is 25.7 Å². The van der Waals surface area contributed by atoms with Gasteiger partial charge in [-0.05, 0) is 12.2 Å². The van der Waals surface area contributed by atoms with Crippen LogP contribution in [0, 0.1) is 4.84 Å². The van der Waals surface area contributed by atoms with Gasteiger partial charge >= 0.3 is 5.97 Å². The molecule has 0 saturated carbocycles. The highest BCUT2D eigenvalue weighted by Gasteiger charge is 2.29. The second-order valence-corrected chi connectivity index (χ2v) is 3.74. The van der Waals surface area contributed by atoms with Crippen LogP contribution in [0.5, 0.6) is 0 Å². The average Bonchev–Trinajstić information content (AvgIpc) is 2.32. The lowest BCUT2D eigenvalue weighted by Gasteiger charge is -2.16. The Morgan fingerprint density at radius 1 is 1.77 bits per heavy atom. The van der Waals surface area contributed by atoms with Crippen LogP contribution in [0.1, 0.15) is 26.2 Å². The maximum atomic E-state index is 10.5. The summed E-state index contributed by atoms with van der Waals surface area (Å²) >= 11 is 4.68. The number of hydrogen-bond acceptors (Lipinski definition) is 4. The lowest BCUT2D eigenvalue weighted by atomic mass is 9.89. The van der Waals surface area contributed by atoms with Crippen LogP contribution in [-0.2, 0) is 10.2 Å². The third kappa shape index (κ3) is 2.38. The number of H-pyrrole nitrogens is 1. The zero-order valence-corrected chi connectivity index (χ0v) is 8.14. The Balaban J connectivity index is 2.92. The predicted molar refractivity (Wildman–Crippen MR) is 47.0 cm³/mol. The number of aliphatic carboxylic acids is 1. The van der Waals surface area contributed by atoms with Gasteiger partial charge in [0.1, 0.15) is 0 Å². The molecule has 72 valence electrons. The van der Waals surface area contributed by atoms with Gasteiger partial charge in [-0.3, -0.25) is 4.79 Å². The van der Waals surface area contributed by atoms with Gasteiger partial charge in [-0.15, -0.1) is 5.10 Å². The number of aromatic amines is 1. The number of hydrogen-bond donors (Lipinski definition) is 2. The van der Waals surface area contributed by atoms with E-state index in [0.29, 0.717) is 5.89 Å². The minimum absolute atomic E-state index is 0.0455. The van der Waals surface area contributed by atoms with Gasteiger partial charge in [-0.2, -0.15) is 0 Å². The van der Waals surface area contributed by atoms with E-state index in [9.17, 15) is 4.79 Å². The Hall–Kier alpha value is -1.17. The normalized spacial score (nSPS) is 11.5. The van der Waals surface area contributed by atoms with Crippen LogP contribution in [0.2, 0.25) is 0 Å². The van der Waals surface area contributed by atoms with Crippen molar-refractivity contribution in [3.8, 4) is 0 Å². The third-order valence-electron chi connectivity index (χ3n) is 1.61. The molecule has 0 fully saturated rings. The second kappa shape index (κ2) is 3.29. The molecule has 0 spiro atoms. The maximum Gasteiger partial charge on any atom is 0.304 e. The van der Waals surface area contributed by atoms with Crippen molar-refractivity contribution in [2.75, 3.05) is 0 Å². The van der Waals surface area contributed by atoms with Gasteiger partial charge in [0, 0.05) is 0 Å². The van der Waals surface area contributed by atoms with E-state index < -0.39 is 11.4 Å². The van der Waals surface area contributed by atoms with Crippen LogP contribution in [0.3, 0.4) is 0 Å². The molecule has 5 nitrogen and oxygen atoms in total. The fourth-order valence-corrected chi connectivity index (χ4v) is 1.10. The quantitative estimate of drug-likeness (QED) is 0.726. The highest BCUT2D eigenvalue weighted by molar-refractivity contribution is 7.71. The molecule has 1 aromatic rings. The van der Waals surface area contributed by atoms with Gasteiger partial charge in [-0.25, -0.2) is 5.10 Å². The molecule has 6 heteroatoms. The minimum atomic E-state index is -0.894. The van der Waals surface area contributed by atoms with Gasteiger partial charge in [-0.1, -0.05) is 13.8 Å². The molecule has 13 heavy (non-hydrogen) atoms. The molecular formula is C7H10N2O3S. The van der Waals surface area contributed by atoms with E-state index >= 15 is 0 Å². The van der Waals surface area contributed by atoms with E-state index in [0.717, 1.165) is 0 Å². The van der Waals surface area contributed by atoms with Crippen LogP contribution in [0.25, 0.3) is 0 Å². The van der Waals surface area contributed by atoms with Crippen LogP contribution >= 0.6 is 12.2 Å². The van der Waals surface area contributed by atoms with Gasteiger partial charge in [0.15, 0.2) is 0 Å². The van der Waals surface area contributed by atoms with E-state index in [1.807, 2.05) is 0 Å². The summed E-state index contributed by atoms with van der Waals surface area (Å²) in [4.78, 5) is 10.6. The average molecular weight is 202 g/mol. The van der Waals surface area contributed by atoms with E-state index in [1.165, 1.54) is 0 Å². The van der Waals surface area contributed by atoms with E-state index in [-0.39, 0.29) is 11.3 Å². The summed E-state index contributed by atoms with van der Waals surface area (Å²) < 4.78 is 5.03. The van der Waals surface area contributed by atoms with Crippen LogP contribution in [-0.4, -0.2) is 21.3 Å². The lowest BCUT2D eigenvalue weighted by Crippen LogP contribution is -2.22. The molecule has 1 heterocycles. The Labute approximate surface area is 79.8 Å². The first kappa shape index (κ1) is 9.91. The number of aromatic nitrogens is 2.